The largest absolute Gasteiger partial charge is 0.234 e. The number of nitrogens with zero attached hydrogens (tertiary/aromatic N) is 3. The Morgan fingerprint density at radius 3 is 2.59 bits per heavy atom. The summed E-state index contributed by atoms with van der Waals surface area (Å²) in [4.78, 5) is 4.53. The van der Waals surface area contributed by atoms with Gasteiger partial charge in [0.15, 0.2) is 5.65 Å². The van der Waals surface area contributed by atoms with Gasteiger partial charge < -0.3 is 0 Å². The molecular formula is C17H15Cl2N3. The SMILES string of the molecule is Cc1cc(Cl)n2nc(C3(c4ccccc4Cl)CCC3)cc2n1. The summed E-state index contributed by atoms with van der Waals surface area (Å²) in [6, 6.07) is 11.9. The van der Waals surface area contributed by atoms with E-state index in [1.165, 1.54) is 6.42 Å². The maximum atomic E-state index is 6.45. The molecule has 0 unspecified atom stereocenters. The fourth-order valence-electron chi connectivity index (χ4n) is 3.33. The zero-order valence-electron chi connectivity index (χ0n) is 12.2. The summed E-state index contributed by atoms with van der Waals surface area (Å²) in [7, 11) is 0. The summed E-state index contributed by atoms with van der Waals surface area (Å²) in [6.07, 6.45) is 3.29. The normalized spacial score (nSPS) is 16.7. The number of rotatable bonds is 2. The Balaban J connectivity index is 1.93. The topological polar surface area (TPSA) is 30.2 Å². The maximum Gasteiger partial charge on any atom is 0.157 e. The maximum absolute atomic E-state index is 6.45. The van der Waals surface area contributed by atoms with Gasteiger partial charge in [-0.1, -0.05) is 47.8 Å². The molecule has 0 radical (unpaired) electrons. The van der Waals surface area contributed by atoms with Crippen LogP contribution in [0.3, 0.4) is 0 Å². The minimum atomic E-state index is -0.108. The molecule has 0 atom stereocenters. The minimum absolute atomic E-state index is 0.108. The number of hydrogen-bond acceptors (Lipinski definition) is 2. The van der Waals surface area contributed by atoms with Gasteiger partial charge in [-0.05, 0) is 37.5 Å². The molecular weight excluding hydrogens is 317 g/mol. The monoisotopic (exact) mass is 331 g/mol. The molecule has 4 rings (SSSR count). The van der Waals surface area contributed by atoms with Crippen LogP contribution in [-0.2, 0) is 5.41 Å². The molecule has 22 heavy (non-hydrogen) atoms. The van der Waals surface area contributed by atoms with E-state index in [9.17, 15) is 0 Å². The molecule has 1 fully saturated rings. The van der Waals surface area contributed by atoms with E-state index in [0.717, 1.165) is 40.5 Å². The first kappa shape index (κ1) is 14.0. The molecule has 3 nitrogen and oxygen atoms in total. The lowest BCUT2D eigenvalue weighted by molar-refractivity contribution is 0.293. The predicted molar refractivity (Wildman–Crippen MR) is 88.8 cm³/mol. The number of halogens is 2. The van der Waals surface area contributed by atoms with Gasteiger partial charge in [-0.15, -0.1) is 0 Å². The molecule has 0 aliphatic heterocycles. The van der Waals surface area contributed by atoms with Crippen molar-refractivity contribution in [3.8, 4) is 0 Å². The average molecular weight is 332 g/mol. The minimum Gasteiger partial charge on any atom is -0.234 e. The van der Waals surface area contributed by atoms with Crippen LogP contribution in [0.5, 0.6) is 0 Å². The average Bonchev–Trinajstić information content (AvgIpc) is 2.84. The van der Waals surface area contributed by atoms with Gasteiger partial charge in [0.2, 0.25) is 0 Å². The highest BCUT2D eigenvalue weighted by molar-refractivity contribution is 6.31. The number of aryl methyl sites for hydroxylation is 1. The zero-order valence-corrected chi connectivity index (χ0v) is 13.7. The van der Waals surface area contributed by atoms with Gasteiger partial charge in [0, 0.05) is 22.2 Å². The Kier molecular flexibility index (Phi) is 3.17. The summed E-state index contributed by atoms with van der Waals surface area (Å²) >= 11 is 12.7. The smallest absolute Gasteiger partial charge is 0.157 e. The lowest BCUT2D eigenvalue weighted by Gasteiger charge is -2.41. The Bertz CT molecular complexity index is 865. The van der Waals surface area contributed by atoms with Crippen molar-refractivity contribution in [2.24, 2.45) is 0 Å². The highest BCUT2D eigenvalue weighted by Gasteiger charge is 2.43. The second-order valence-corrected chi connectivity index (χ2v) is 6.73. The number of hydrogen-bond donors (Lipinski definition) is 0. The van der Waals surface area contributed by atoms with Crippen molar-refractivity contribution in [1.29, 1.82) is 0 Å². The highest BCUT2D eigenvalue weighted by Crippen LogP contribution is 2.50. The van der Waals surface area contributed by atoms with E-state index < -0.39 is 0 Å². The Morgan fingerprint density at radius 2 is 1.91 bits per heavy atom. The van der Waals surface area contributed by atoms with Crippen molar-refractivity contribution in [1.82, 2.24) is 14.6 Å². The Morgan fingerprint density at radius 1 is 1.14 bits per heavy atom. The van der Waals surface area contributed by atoms with E-state index in [1.54, 1.807) is 4.52 Å². The Labute approximate surface area is 138 Å². The van der Waals surface area contributed by atoms with Gasteiger partial charge >= 0.3 is 0 Å². The van der Waals surface area contributed by atoms with Crippen LogP contribution in [-0.4, -0.2) is 14.6 Å². The van der Waals surface area contributed by atoms with Gasteiger partial charge in [0.25, 0.3) is 0 Å². The second kappa shape index (κ2) is 4.97. The third-order valence-corrected chi connectivity index (χ3v) is 5.20. The van der Waals surface area contributed by atoms with Crippen molar-refractivity contribution in [2.45, 2.75) is 31.6 Å². The van der Waals surface area contributed by atoms with Gasteiger partial charge in [-0.25, -0.2) is 9.50 Å². The van der Waals surface area contributed by atoms with Crippen LogP contribution in [0.4, 0.5) is 0 Å². The molecule has 2 aromatic heterocycles. The van der Waals surface area contributed by atoms with Crippen molar-refractivity contribution >= 4 is 28.8 Å². The highest BCUT2D eigenvalue weighted by atomic mass is 35.5. The lowest BCUT2D eigenvalue weighted by atomic mass is 9.62. The van der Waals surface area contributed by atoms with E-state index in [-0.39, 0.29) is 5.41 Å². The second-order valence-electron chi connectivity index (χ2n) is 5.94. The van der Waals surface area contributed by atoms with Crippen molar-refractivity contribution in [3.05, 3.63) is 63.5 Å². The zero-order chi connectivity index (χ0) is 15.3. The molecule has 1 saturated carbocycles. The first-order valence-corrected chi connectivity index (χ1v) is 8.14. The van der Waals surface area contributed by atoms with Crippen LogP contribution in [0.25, 0.3) is 5.65 Å². The predicted octanol–water partition coefficient (Wildman–Crippen LogP) is 4.81. The number of benzene rings is 1. The van der Waals surface area contributed by atoms with E-state index in [2.05, 4.69) is 11.1 Å². The summed E-state index contributed by atoms with van der Waals surface area (Å²) in [5.74, 6) is 0. The van der Waals surface area contributed by atoms with E-state index in [1.807, 2.05) is 37.3 Å². The number of fused-ring (bicyclic) bond motifs is 1. The standard InChI is InChI=1S/C17H15Cl2N3/c1-11-9-15(19)22-16(20-11)10-14(21-22)17(7-4-8-17)12-5-2-3-6-13(12)18/h2-3,5-6,9-10H,4,7-8H2,1H3. The molecule has 2 heterocycles. The quantitative estimate of drug-likeness (QED) is 0.630. The first-order chi connectivity index (χ1) is 10.6. The van der Waals surface area contributed by atoms with Crippen LogP contribution < -0.4 is 0 Å². The molecule has 0 saturated heterocycles. The fraction of sp³-hybridized carbons (Fsp3) is 0.294. The summed E-state index contributed by atoms with van der Waals surface area (Å²) in [5.41, 5.74) is 3.73. The summed E-state index contributed by atoms with van der Waals surface area (Å²) < 4.78 is 1.71. The molecule has 1 aliphatic rings. The molecule has 3 aromatic rings. The van der Waals surface area contributed by atoms with Crippen LogP contribution in [0.2, 0.25) is 10.2 Å². The van der Waals surface area contributed by atoms with Gasteiger partial charge in [0.1, 0.15) is 5.15 Å². The third kappa shape index (κ3) is 1.96. The first-order valence-electron chi connectivity index (χ1n) is 7.39. The Hall–Kier alpha value is -1.58. The van der Waals surface area contributed by atoms with Crippen LogP contribution in [0.1, 0.15) is 36.2 Å². The third-order valence-electron chi connectivity index (χ3n) is 4.60. The summed E-state index contributed by atoms with van der Waals surface area (Å²) in [5, 5.41) is 6.11. The molecule has 0 N–H and O–H groups in total. The molecule has 0 bridgehead atoms. The van der Waals surface area contributed by atoms with Gasteiger partial charge in [0.05, 0.1) is 5.69 Å². The molecule has 1 aliphatic carbocycles. The van der Waals surface area contributed by atoms with E-state index in [0.29, 0.717) is 5.15 Å². The lowest BCUT2D eigenvalue weighted by Crippen LogP contribution is -2.36. The number of aromatic nitrogens is 3. The van der Waals surface area contributed by atoms with Crippen LogP contribution in [0, 0.1) is 6.92 Å². The molecule has 112 valence electrons. The fourth-order valence-corrected chi connectivity index (χ4v) is 3.93. The van der Waals surface area contributed by atoms with Crippen molar-refractivity contribution < 1.29 is 0 Å². The van der Waals surface area contributed by atoms with Gasteiger partial charge in [-0.3, -0.25) is 0 Å². The van der Waals surface area contributed by atoms with E-state index >= 15 is 0 Å². The van der Waals surface area contributed by atoms with E-state index in [4.69, 9.17) is 28.3 Å². The van der Waals surface area contributed by atoms with Crippen LogP contribution >= 0.6 is 23.2 Å². The molecule has 0 spiro atoms. The molecule has 0 amide bonds. The summed E-state index contributed by atoms with van der Waals surface area (Å²) in [6.45, 7) is 1.94. The van der Waals surface area contributed by atoms with Crippen molar-refractivity contribution in [2.75, 3.05) is 0 Å². The van der Waals surface area contributed by atoms with Gasteiger partial charge in [-0.2, -0.15) is 5.10 Å². The van der Waals surface area contributed by atoms with Crippen LogP contribution in [0.15, 0.2) is 36.4 Å². The van der Waals surface area contributed by atoms with Crippen molar-refractivity contribution in [3.63, 3.8) is 0 Å². The molecule has 1 aromatic carbocycles. The molecule has 5 heteroatoms.